The number of methoxy groups -OCH3 is 1. The van der Waals surface area contributed by atoms with E-state index in [1.54, 1.807) is 7.11 Å². The van der Waals surface area contributed by atoms with Gasteiger partial charge in [-0.3, -0.25) is 4.79 Å². The van der Waals surface area contributed by atoms with Crippen LogP contribution in [0, 0.1) is 13.8 Å². The van der Waals surface area contributed by atoms with Crippen LogP contribution in [0.5, 0.6) is 5.75 Å². The second kappa shape index (κ2) is 10.1. The Morgan fingerprint density at radius 3 is 2.56 bits per heavy atom. The standard InChI is InChI=1S/C24H28N4O3S/c1-17-4-5-18(2)21(14-17)27-10-12-28(13-11-27)23(29)16-32-15-22-25-24(26-31-22)19-6-8-20(30-3)9-7-19/h4-9,14H,10-13,15-16H2,1-3H3. The molecule has 1 saturated heterocycles. The monoisotopic (exact) mass is 452 g/mol. The first-order valence-corrected chi connectivity index (χ1v) is 11.8. The van der Waals surface area contributed by atoms with Crippen molar-refractivity contribution in [3.63, 3.8) is 0 Å². The molecule has 0 bridgehead atoms. The third-order valence-electron chi connectivity index (χ3n) is 5.61. The fourth-order valence-corrected chi connectivity index (χ4v) is 4.50. The van der Waals surface area contributed by atoms with Crippen molar-refractivity contribution in [1.82, 2.24) is 15.0 Å². The van der Waals surface area contributed by atoms with Gasteiger partial charge in [-0.2, -0.15) is 4.98 Å². The van der Waals surface area contributed by atoms with E-state index in [9.17, 15) is 4.79 Å². The SMILES string of the molecule is COc1ccc(-c2noc(CSCC(=O)N3CCN(c4cc(C)ccc4C)CC3)n2)cc1. The molecule has 0 aliphatic carbocycles. The number of ether oxygens (including phenoxy) is 1. The first-order valence-electron chi connectivity index (χ1n) is 10.7. The molecule has 7 nitrogen and oxygen atoms in total. The number of hydrogen-bond donors (Lipinski definition) is 0. The predicted molar refractivity (Wildman–Crippen MR) is 127 cm³/mol. The van der Waals surface area contributed by atoms with Crippen LogP contribution >= 0.6 is 11.8 Å². The third-order valence-corrected chi connectivity index (χ3v) is 6.51. The molecule has 0 N–H and O–H groups in total. The number of anilines is 1. The Hall–Kier alpha value is -3.00. The van der Waals surface area contributed by atoms with Gasteiger partial charge in [-0.15, -0.1) is 11.8 Å². The van der Waals surface area contributed by atoms with E-state index in [-0.39, 0.29) is 5.91 Å². The lowest BCUT2D eigenvalue weighted by atomic mass is 10.1. The van der Waals surface area contributed by atoms with Crippen LogP contribution < -0.4 is 9.64 Å². The molecule has 3 aromatic rings. The number of carbonyl (C=O) groups is 1. The van der Waals surface area contributed by atoms with Crippen molar-refractivity contribution in [2.75, 3.05) is 43.9 Å². The van der Waals surface area contributed by atoms with Crippen LogP contribution in [0.25, 0.3) is 11.4 Å². The molecule has 0 saturated carbocycles. The summed E-state index contributed by atoms with van der Waals surface area (Å²) >= 11 is 1.50. The van der Waals surface area contributed by atoms with Crippen molar-refractivity contribution in [2.45, 2.75) is 19.6 Å². The number of rotatable bonds is 7. The zero-order chi connectivity index (χ0) is 22.5. The van der Waals surface area contributed by atoms with Gasteiger partial charge in [0.2, 0.25) is 17.6 Å². The van der Waals surface area contributed by atoms with Crippen LogP contribution in [0.4, 0.5) is 5.69 Å². The van der Waals surface area contributed by atoms with Crippen molar-refractivity contribution in [3.8, 4) is 17.1 Å². The number of hydrogen-bond acceptors (Lipinski definition) is 7. The maximum absolute atomic E-state index is 12.6. The fraction of sp³-hybridized carbons (Fsp3) is 0.375. The topological polar surface area (TPSA) is 71.7 Å². The summed E-state index contributed by atoms with van der Waals surface area (Å²) in [7, 11) is 1.63. The Morgan fingerprint density at radius 1 is 1.09 bits per heavy atom. The van der Waals surface area contributed by atoms with E-state index in [2.05, 4.69) is 47.1 Å². The largest absolute Gasteiger partial charge is 0.497 e. The number of aromatic nitrogens is 2. The van der Waals surface area contributed by atoms with E-state index >= 15 is 0 Å². The molecule has 8 heteroatoms. The lowest BCUT2D eigenvalue weighted by Crippen LogP contribution is -2.49. The number of nitrogens with zero attached hydrogens (tertiary/aromatic N) is 4. The highest BCUT2D eigenvalue weighted by Gasteiger charge is 2.22. The molecule has 32 heavy (non-hydrogen) atoms. The lowest BCUT2D eigenvalue weighted by molar-refractivity contribution is -0.128. The Kier molecular flexibility index (Phi) is 6.99. The minimum atomic E-state index is 0.158. The van der Waals surface area contributed by atoms with Gasteiger partial charge in [0.05, 0.1) is 18.6 Å². The average Bonchev–Trinajstić information content (AvgIpc) is 3.29. The number of piperazine rings is 1. The van der Waals surface area contributed by atoms with Gasteiger partial charge in [0, 0.05) is 37.4 Å². The first-order chi connectivity index (χ1) is 15.5. The maximum atomic E-state index is 12.6. The second-order valence-corrected chi connectivity index (χ2v) is 8.88. The zero-order valence-corrected chi connectivity index (χ0v) is 19.5. The van der Waals surface area contributed by atoms with Gasteiger partial charge in [0.1, 0.15) is 5.75 Å². The minimum Gasteiger partial charge on any atom is -0.497 e. The lowest BCUT2D eigenvalue weighted by Gasteiger charge is -2.37. The molecule has 0 radical (unpaired) electrons. The van der Waals surface area contributed by atoms with Crippen LogP contribution in [-0.4, -0.2) is 60.0 Å². The second-order valence-electron chi connectivity index (χ2n) is 7.89. The molecular formula is C24H28N4O3S. The quantitative estimate of drug-likeness (QED) is 0.538. The Morgan fingerprint density at radius 2 is 1.84 bits per heavy atom. The van der Waals surface area contributed by atoms with E-state index in [0.717, 1.165) is 37.5 Å². The predicted octanol–water partition coefficient (Wildman–Crippen LogP) is 3.94. The number of carbonyl (C=O) groups excluding carboxylic acids is 1. The highest BCUT2D eigenvalue weighted by atomic mass is 32.2. The highest BCUT2D eigenvalue weighted by Crippen LogP contribution is 2.24. The van der Waals surface area contributed by atoms with E-state index in [1.807, 2.05) is 29.2 Å². The minimum absolute atomic E-state index is 0.158. The van der Waals surface area contributed by atoms with E-state index in [0.29, 0.717) is 23.2 Å². The molecular weight excluding hydrogens is 424 g/mol. The van der Waals surface area contributed by atoms with Crippen LogP contribution in [0.1, 0.15) is 17.0 Å². The van der Waals surface area contributed by atoms with Gasteiger partial charge in [-0.25, -0.2) is 0 Å². The Bertz CT molecular complexity index is 1060. The van der Waals surface area contributed by atoms with Crippen LogP contribution in [-0.2, 0) is 10.5 Å². The molecule has 0 unspecified atom stereocenters. The van der Waals surface area contributed by atoms with Crippen LogP contribution in [0.2, 0.25) is 0 Å². The molecule has 0 spiro atoms. The fourth-order valence-electron chi connectivity index (χ4n) is 3.74. The summed E-state index contributed by atoms with van der Waals surface area (Å²) in [6.45, 7) is 7.46. The molecule has 1 aliphatic heterocycles. The van der Waals surface area contributed by atoms with Gasteiger partial charge < -0.3 is 19.1 Å². The van der Waals surface area contributed by atoms with Gasteiger partial charge in [-0.1, -0.05) is 17.3 Å². The van der Waals surface area contributed by atoms with Gasteiger partial charge in [0.25, 0.3) is 0 Å². The average molecular weight is 453 g/mol. The third kappa shape index (κ3) is 5.24. The molecule has 1 fully saturated rings. The molecule has 2 aromatic carbocycles. The van der Waals surface area contributed by atoms with E-state index in [4.69, 9.17) is 9.26 Å². The summed E-state index contributed by atoms with van der Waals surface area (Å²) in [5, 5.41) is 4.04. The number of benzene rings is 2. The van der Waals surface area contributed by atoms with Crippen LogP contribution in [0.3, 0.4) is 0 Å². The van der Waals surface area contributed by atoms with Crippen molar-refractivity contribution < 1.29 is 14.1 Å². The number of thioether (sulfide) groups is 1. The molecule has 4 rings (SSSR count). The molecule has 168 valence electrons. The number of aryl methyl sites for hydroxylation is 2. The van der Waals surface area contributed by atoms with Crippen molar-refractivity contribution in [2.24, 2.45) is 0 Å². The zero-order valence-electron chi connectivity index (χ0n) is 18.7. The highest BCUT2D eigenvalue weighted by molar-refractivity contribution is 7.99. The van der Waals surface area contributed by atoms with E-state index < -0.39 is 0 Å². The smallest absolute Gasteiger partial charge is 0.236 e. The summed E-state index contributed by atoms with van der Waals surface area (Å²) < 4.78 is 10.5. The summed E-state index contributed by atoms with van der Waals surface area (Å²) in [5.41, 5.74) is 4.68. The van der Waals surface area contributed by atoms with Crippen molar-refractivity contribution in [1.29, 1.82) is 0 Å². The first kappa shape index (κ1) is 22.2. The van der Waals surface area contributed by atoms with E-state index in [1.165, 1.54) is 28.6 Å². The summed E-state index contributed by atoms with van der Waals surface area (Å²) in [6.07, 6.45) is 0. The molecule has 1 aromatic heterocycles. The van der Waals surface area contributed by atoms with Crippen molar-refractivity contribution >= 4 is 23.4 Å². The summed E-state index contributed by atoms with van der Waals surface area (Å²) in [6, 6.07) is 14.0. The number of amides is 1. The summed E-state index contributed by atoms with van der Waals surface area (Å²) in [5.74, 6) is 2.92. The van der Waals surface area contributed by atoms with Gasteiger partial charge in [-0.05, 0) is 55.3 Å². The maximum Gasteiger partial charge on any atom is 0.236 e. The molecule has 2 heterocycles. The Labute approximate surface area is 192 Å². The normalized spacial score (nSPS) is 14.0. The molecule has 1 amide bonds. The summed E-state index contributed by atoms with van der Waals surface area (Å²) in [4.78, 5) is 21.4. The molecule has 0 atom stereocenters. The van der Waals surface area contributed by atoms with Crippen molar-refractivity contribution in [3.05, 3.63) is 59.5 Å². The van der Waals surface area contributed by atoms with Gasteiger partial charge >= 0.3 is 0 Å². The van der Waals surface area contributed by atoms with Gasteiger partial charge in [0.15, 0.2) is 0 Å². The molecule has 1 aliphatic rings. The van der Waals surface area contributed by atoms with Crippen LogP contribution in [0.15, 0.2) is 47.0 Å². The Balaban J connectivity index is 1.23.